The van der Waals surface area contributed by atoms with Crippen molar-refractivity contribution in [1.29, 1.82) is 0 Å². The lowest BCUT2D eigenvalue weighted by Gasteiger charge is -2.02. The molecule has 2 heterocycles. The first-order valence-corrected chi connectivity index (χ1v) is 7.84. The van der Waals surface area contributed by atoms with E-state index in [0.29, 0.717) is 27.6 Å². The standard InChI is InChI=1S/C17H13ClN4O3/c1-23-14-5-2-11(3-6-14)17-19-13(9-24-17)10-25-22-16-8-12(18)4-7-15(16)20-21-22/h2-9H,10H2,1H3. The van der Waals surface area contributed by atoms with E-state index < -0.39 is 0 Å². The number of nitrogens with zero attached hydrogens (tertiary/aromatic N) is 4. The van der Waals surface area contributed by atoms with E-state index in [2.05, 4.69) is 15.3 Å². The van der Waals surface area contributed by atoms with E-state index in [9.17, 15) is 0 Å². The van der Waals surface area contributed by atoms with Gasteiger partial charge in [0.25, 0.3) is 0 Å². The highest BCUT2D eigenvalue weighted by Gasteiger charge is 2.10. The maximum absolute atomic E-state index is 6.00. The number of ether oxygens (including phenoxy) is 1. The molecule has 0 aliphatic carbocycles. The number of hydrogen-bond donors (Lipinski definition) is 0. The third kappa shape index (κ3) is 3.14. The van der Waals surface area contributed by atoms with Crippen LogP contribution in [0.5, 0.6) is 5.75 Å². The monoisotopic (exact) mass is 356 g/mol. The molecule has 0 aliphatic rings. The van der Waals surface area contributed by atoms with Crippen molar-refractivity contribution in [2.45, 2.75) is 6.61 Å². The maximum atomic E-state index is 6.00. The van der Waals surface area contributed by atoms with Crippen LogP contribution < -0.4 is 9.57 Å². The molecular weight excluding hydrogens is 344 g/mol. The number of methoxy groups -OCH3 is 1. The molecule has 0 saturated carbocycles. The molecule has 25 heavy (non-hydrogen) atoms. The second kappa shape index (κ2) is 6.45. The van der Waals surface area contributed by atoms with E-state index in [1.165, 1.54) is 4.85 Å². The summed E-state index contributed by atoms with van der Waals surface area (Å²) < 4.78 is 10.6. The summed E-state index contributed by atoms with van der Waals surface area (Å²) in [5.41, 5.74) is 2.87. The normalized spacial score (nSPS) is 11.0. The number of fused-ring (bicyclic) bond motifs is 1. The van der Waals surface area contributed by atoms with Crippen LogP contribution in [-0.4, -0.2) is 27.3 Å². The number of halogens is 1. The van der Waals surface area contributed by atoms with Gasteiger partial charge in [-0.2, -0.15) is 0 Å². The minimum atomic E-state index is 0.185. The predicted octanol–water partition coefficient (Wildman–Crippen LogP) is 3.38. The summed E-state index contributed by atoms with van der Waals surface area (Å²) >= 11 is 6.00. The highest BCUT2D eigenvalue weighted by molar-refractivity contribution is 6.31. The highest BCUT2D eigenvalue weighted by Crippen LogP contribution is 2.22. The van der Waals surface area contributed by atoms with E-state index in [-0.39, 0.29) is 6.61 Å². The van der Waals surface area contributed by atoms with Crippen molar-refractivity contribution < 1.29 is 14.0 Å². The SMILES string of the molecule is COc1ccc(-c2nc(COn3nnc4ccc(Cl)cc43)co2)cc1. The lowest BCUT2D eigenvalue weighted by molar-refractivity contribution is 0.0731. The molecule has 126 valence electrons. The third-order valence-corrected chi connectivity index (χ3v) is 3.84. The van der Waals surface area contributed by atoms with E-state index >= 15 is 0 Å². The molecule has 0 amide bonds. The van der Waals surface area contributed by atoms with Crippen LogP contribution in [-0.2, 0) is 6.61 Å². The lowest BCUT2D eigenvalue weighted by Crippen LogP contribution is -2.13. The maximum Gasteiger partial charge on any atom is 0.226 e. The van der Waals surface area contributed by atoms with Crippen LogP contribution in [0.25, 0.3) is 22.5 Å². The van der Waals surface area contributed by atoms with Crippen molar-refractivity contribution in [3.05, 3.63) is 59.4 Å². The van der Waals surface area contributed by atoms with E-state index in [1.54, 1.807) is 31.6 Å². The van der Waals surface area contributed by atoms with Gasteiger partial charge in [0.2, 0.25) is 5.89 Å². The lowest BCUT2D eigenvalue weighted by atomic mass is 10.2. The van der Waals surface area contributed by atoms with Gasteiger partial charge >= 0.3 is 0 Å². The van der Waals surface area contributed by atoms with Crippen LogP contribution in [0.4, 0.5) is 0 Å². The third-order valence-electron chi connectivity index (χ3n) is 3.60. The average Bonchev–Trinajstić information content (AvgIpc) is 3.27. The fourth-order valence-electron chi connectivity index (χ4n) is 2.33. The molecule has 8 heteroatoms. The fraction of sp³-hybridized carbons (Fsp3) is 0.118. The van der Waals surface area contributed by atoms with Gasteiger partial charge in [-0.05, 0) is 47.7 Å². The molecule has 2 aromatic heterocycles. The van der Waals surface area contributed by atoms with Crippen molar-refractivity contribution >= 4 is 22.6 Å². The Bertz CT molecular complexity index is 1010. The number of rotatable bonds is 5. The van der Waals surface area contributed by atoms with Gasteiger partial charge in [-0.25, -0.2) is 4.98 Å². The largest absolute Gasteiger partial charge is 0.497 e. The molecule has 0 unspecified atom stereocenters. The smallest absolute Gasteiger partial charge is 0.226 e. The first-order chi connectivity index (χ1) is 12.2. The van der Waals surface area contributed by atoms with Gasteiger partial charge in [0.15, 0.2) is 6.61 Å². The van der Waals surface area contributed by atoms with Gasteiger partial charge in [-0.1, -0.05) is 16.4 Å². The molecule has 4 rings (SSSR count). The molecule has 2 aromatic carbocycles. The van der Waals surface area contributed by atoms with Crippen molar-refractivity contribution in [3.63, 3.8) is 0 Å². The molecule has 0 fully saturated rings. The Morgan fingerprint density at radius 3 is 2.80 bits per heavy atom. The number of aromatic nitrogens is 4. The van der Waals surface area contributed by atoms with Crippen LogP contribution in [0.3, 0.4) is 0 Å². The van der Waals surface area contributed by atoms with Crippen molar-refractivity contribution in [1.82, 2.24) is 20.1 Å². The van der Waals surface area contributed by atoms with Gasteiger partial charge in [0.05, 0.1) is 7.11 Å². The summed E-state index contributed by atoms with van der Waals surface area (Å²) in [5, 5.41) is 8.55. The molecule has 7 nitrogen and oxygen atoms in total. The molecule has 0 aliphatic heterocycles. The Hall–Kier alpha value is -3.06. The van der Waals surface area contributed by atoms with E-state index in [0.717, 1.165) is 11.3 Å². The number of benzene rings is 2. The zero-order valence-electron chi connectivity index (χ0n) is 13.2. The van der Waals surface area contributed by atoms with Gasteiger partial charge < -0.3 is 14.0 Å². The second-order valence-corrected chi connectivity index (χ2v) is 5.68. The summed E-state index contributed by atoms with van der Waals surface area (Å²) in [6.45, 7) is 0.185. The molecule has 0 N–H and O–H groups in total. The van der Waals surface area contributed by atoms with Crippen LogP contribution in [0.2, 0.25) is 5.02 Å². The molecule has 0 atom stereocenters. The average molecular weight is 357 g/mol. The predicted molar refractivity (Wildman–Crippen MR) is 91.3 cm³/mol. The molecule has 0 spiro atoms. The Labute approximate surface area is 147 Å². The van der Waals surface area contributed by atoms with Crippen LogP contribution >= 0.6 is 11.6 Å². The van der Waals surface area contributed by atoms with Gasteiger partial charge in [0.1, 0.15) is 28.7 Å². The Morgan fingerprint density at radius 1 is 1.16 bits per heavy atom. The summed E-state index contributed by atoms with van der Waals surface area (Å²) in [5.74, 6) is 1.28. The zero-order valence-corrected chi connectivity index (χ0v) is 14.0. The van der Waals surface area contributed by atoms with Gasteiger partial charge in [0, 0.05) is 10.6 Å². The summed E-state index contributed by atoms with van der Waals surface area (Å²) in [6, 6.07) is 12.7. The molecule has 4 aromatic rings. The van der Waals surface area contributed by atoms with Gasteiger partial charge in [-0.3, -0.25) is 0 Å². The number of oxazole rings is 1. The molecular formula is C17H13ClN4O3. The first kappa shape index (κ1) is 15.5. The minimum absolute atomic E-state index is 0.185. The van der Waals surface area contributed by atoms with Crippen LogP contribution in [0.1, 0.15) is 5.69 Å². The van der Waals surface area contributed by atoms with E-state index in [4.69, 9.17) is 25.6 Å². The van der Waals surface area contributed by atoms with Crippen molar-refractivity contribution in [2.24, 2.45) is 0 Å². The number of hydrogen-bond acceptors (Lipinski definition) is 6. The summed E-state index contributed by atoms with van der Waals surface area (Å²) in [6.07, 6.45) is 1.55. The second-order valence-electron chi connectivity index (χ2n) is 5.24. The van der Waals surface area contributed by atoms with Crippen LogP contribution in [0.15, 0.2) is 53.1 Å². The first-order valence-electron chi connectivity index (χ1n) is 7.46. The molecule has 0 saturated heterocycles. The molecule has 0 bridgehead atoms. The Balaban J connectivity index is 1.49. The summed E-state index contributed by atoms with van der Waals surface area (Å²) in [4.78, 5) is 11.4. The quantitative estimate of drug-likeness (QED) is 0.545. The Morgan fingerprint density at radius 2 is 2.00 bits per heavy atom. The minimum Gasteiger partial charge on any atom is -0.497 e. The zero-order chi connectivity index (χ0) is 17.2. The van der Waals surface area contributed by atoms with Crippen LogP contribution in [0, 0.1) is 0 Å². The topological polar surface area (TPSA) is 75.2 Å². The van der Waals surface area contributed by atoms with Crippen molar-refractivity contribution in [3.8, 4) is 17.2 Å². The van der Waals surface area contributed by atoms with Gasteiger partial charge in [-0.15, -0.1) is 5.10 Å². The summed E-state index contributed by atoms with van der Waals surface area (Å²) in [7, 11) is 1.62. The van der Waals surface area contributed by atoms with E-state index in [1.807, 2.05) is 24.3 Å². The molecule has 0 radical (unpaired) electrons. The highest BCUT2D eigenvalue weighted by atomic mass is 35.5. The van der Waals surface area contributed by atoms with Crippen molar-refractivity contribution in [2.75, 3.05) is 7.11 Å². The Kier molecular flexibility index (Phi) is 3.99. The fourth-order valence-corrected chi connectivity index (χ4v) is 2.50.